The van der Waals surface area contributed by atoms with Gasteiger partial charge in [0.15, 0.2) is 0 Å². The number of rotatable bonds is 8. The molecule has 0 saturated heterocycles. The van der Waals surface area contributed by atoms with E-state index in [1.54, 1.807) is 48.5 Å². The molecule has 10 nitrogen and oxygen atoms in total. The van der Waals surface area contributed by atoms with Gasteiger partial charge in [-0.05, 0) is 35.4 Å². The Bertz CT molecular complexity index is 942. The largest absolute Gasteiger partial charge is 0.481 e. The fourth-order valence-electron chi connectivity index (χ4n) is 2.52. The first kappa shape index (κ1) is 19.5. The van der Waals surface area contributed by atoms with Crippen LogP contribution in [0.1, 0.15) is 11.1 Å². The van der Waals surface area contributed by atoms with Crippen LogP contribution in [-0.2, 0) is 22.4 Å². The summed E-state index contributed by atoms with van der Waals surface area (Å²) in [6.07, 6.45) is -0.114. The molecule has 0 atom stereocenters. The van der Waals surface area contributed by atoms with Crippen LogP contribution < -0.4 is 16.4 Å². The van der Waals surface area contributed by atoms with Crippen LogP contribution in [0.4, 0.5) is 29.2 Å². The fraction of sp³-hybridized carbons (Fsp3) is 0.105. The van der Waals surface area contributed by atoms with Crippen LogP contribution in [0.15, 0.2) is 48.5 Å². The standard InChI is InChI=1S/C19H18N6O4/c20-17-23-18(21-13-5-1-11(2-6-13)9-15(26)27)25-19(24-17)22-14-7-3-12(4-8-14)10-16(28)29/h1-8H,9-10H2,(H,26,27)(H,28,29)(H4,20,21,22,23,24,25). The lowest BCUT2D eigenvalue weighted by molar-refractivity contribution is -0.137. The Kier molecular flexibility index (Phi) is 5.83. The maximum atomic E-state index is 10.7. The Morgan fingerprint density at radius 2 is 1.10 bits per heavy atom. The number of carboxylic acids is 2. The summed E-state index contributed by atoms with van der Waals surface area (Å²) in [5.41, 5.74) is 8.42. The lowest BCUT2D eigenvalue weighted by Crippen LogP contribution is -2.07. The van der Waals surface area contributed by atoms with Crippen molar-refractivity contribution in [1.82, 2.24) is 15.0 Å². The SMILES string of the molecule is Nc1nc(Nc2ccc(CC(=O)O)cc2)nc(Nc2ccc(CC(=O)O)cc2)n1. The van der Waals surface area contributed by atoms with E-state index in [1.807, 2.05) is 0 Å². The van der Waals surface area contributed by atoms with Crippen molar-refractivity contribution in [3.8, 4) is 0 Å². The van der Waals surface area contributed by atoms with Crippen LogP contribution in [-0.4, -0.2) is 37.1 Å². The van der Waals surface area contributed by atoms with Gasteiger partial charge < -0.3 is 26.6 Å². The quantitative estimate of drug-likeness (QED) is 0.382. The zero-order chi connectivity index (χ0) is 20.8. The summed E-state index contributed by atoms with van der Waals surface area (Å²) < 4.78 is 0. The van der Waals surface area contributed by atoms with Gasteiger partial charge in [-0.3, -0.25) is 9.59 Å². The summed E-state index contributed by atoms with van der Waals surface area (Å²) in [6, 6.07) is 13.6. The molecule has 0 saturated carbocycles. The van der Waals surface area contributed by atoms with Gasteiger partial charge in [-0.2, -0.15) is 15.0 Å². The van der Waals surface area contributed by atoms with E-state index < -0.39 is 11.9 Å². The third kappa shape index (κ3) is 5.89. The normalized spacial score (nSPS) is 10.3. The fourth-order valence-corrected chi connectivity index (χ4v) is 2.52. The first-order valence-corrected chi connectivity index (χ1v) is 8.54. The second kappa shape index (κ2) is 8.65. The highest BCUT2D eigenvalue weighted by molar-refractivity contribution is 5.71. The molecule has 0 amide bonds. The molecule has 2 aromatic carbocycles. The van der Waals surface area contributed by atoms with Gasteiger partial charge in [-0.25, -0.2) is 0 Å². The minimum absolute atomic E-state index is 0.00925. The molecule has 3 aromatic rings. The van der Waals surface area contributed by atoms with E-state index in [0.29, 0.717) is 22.5 Å². The number of nitrogens with zero attached hydrogens (tertiary/aromatic N) is 3. The first-order chi connectivity index (χ1) is 13.9. The third-order valence-corrected chi connectivity index (χ3v) is 3.78. The number of aromatic nitrogens is 3. The molecule has 148 valence electrons. The molecule has 0 aliphatic rings. The molecule has 3 rings (SSSR count). The van der Waals surface area contributed by atoms with Crippen molar-refractivity contribution in [3.05, 3.63) is 59.7 Å². The molecule has 0 aliphatic carbocycles. The lowest BCUT2D eigenvalue weighted by Gasteiger charge is -2.09. The summed E-state index contributed by atoms with van der Waals surface area (Å²) >= 11 is 0. The van der Waals surface area contributed by atoms with Crippen molar-refractivity contribution >= 4 is 41.2 Å². The van der Waals surface area contributed by atoms with E-state index in [9.17, 15) is 9.59 Å². The summed E-state index contributed by atoms with van der Waals surface area (Å²) in [6.45, 7) is 0. The van der Waals surface area contributed by atoms with Crippen molar-refractivity contribution in [2.75, 3.05) is 16.4 Å². The number of nitrogen functional groups attached to an aromatic ring is 1. The number of benzene rings is 2. The van der Waals surface area contributed by atoms with Gasteiger partial charge in [0.2, 0.25) is 17.8 Å². The van der Waals surface area contributed by atoms with Gasteiger partial charge in [-0.1, -0.05) is 24.3 Å². The smallest absolute Gasteiger partial charge is 0.307 e. The van der Waals surface area contributed by atoms with Crippen molar-refractivity contribution in [1.29, 1.82) is 0 Å². The highest BCUT2D eigenvalue weighted by Gasteiger charge is 2.07. The highest BCUT2D eigenvalue weighted by Crippen LogP contribution is 2.19. The number of anilines is 5. The van der Waals surface area contributed by atoms with Gasteiger partial charge >= 0.3 is 11.9 Å². The molecule has 0 spiro atoms. The molecule has 0 aliphatic heterocycles. The van der Waals surface area contributed by atoms with Gasteiger partial charge in [0.25, 0.3) is 0 Å². The van der Waals surface area contributed by atoms with Crippen LogP contribution in [0.2, 0.25) is 0 Å². The summed E-state index contributed by atoms with van der Waals surface area (Å²) in [5, 5.41) is 23.6. The van der Waals surface area contributed by atoms with Gasteiger partial charge in [-0.15, -0.1) is 0 Å². The van der Waals surface area contributed by atoms with Crippen molar-refractivity contribution in [2.24, 2.45) is 0 Å². The number of aliphatic carboxylic acids is 2. The van der Waals surface area contributed by atoms with Crippen LogP contribution in [0.3, 0.4) is 0 Å². The molecular formula is C19H18N6O4. The number of carbonyl (C=O) groups is 2. The number of nitrogens with one attached hydrogen (secondary N) is 2. The van der Waals surface area contributed by atoms with E-state index in [4.69, 9.17) is 15.9 Å². The minimum Gasteiger partial charge on any atom is -0.481 e. The maximum Gasteiger partial charge on any atom is 0.307 e. The monoisotopic (exact) mass is 394 g/mol. The molecule has 1 heterocycles. The molecular weight excluding hydrogens is 376 g/mol. The molecule has 0 bridgehead atoms. The number of hydrogen-bond donors (Lipinski definition) is 5. The van der Waals surface area contributed by atoms with E-state index in [1.165, 1.54) is 0 Å². The van der Waals surface area contributed by atoms with Gasteiger partial charge in [0.05, 0.1) is 12.8 Å². The Balaban J connectivity index is 1.71. The zero-order valence-electron chi connectivity index (χ0n) is 15.2. The molecule has 0 unspecified atom stereocenters. The maximum absolute atomic E-state index is 10.7. The zero-order valence-corrected chi connectivity index (χ0v) is 15.2. The predicted octanol–water partition coefficient (Wildman–Crippen LogP) is 2.20. The highest BCUT2D eigenvalue weighted by atomic mass is 16.4. The molecule has 1 aromatic heterocycles. The number of nitrogens with two attached hydrogens (primary N) is 1. The first-order valence-electron chi connectivity index (χ1n) is 8.54. The van der Waals surface area contributed by atoms with Crippen LogP contribution >= 0.6 is 0 Å². The van der Waals surface area contributed by atoms with Crippen LogP contribution in [0.5, 0.6) is 0 Å². The number of carboxylic acid groups (broad SMARTS) is 2. The molecule has 0 fully saturated rings. The summed E-state index contributed by atoms with van der Waals surface area (Å²) in [5.74, 6) is -1.36. The van der Waals surface area contributed by atoms with Crippen molar-refractivity contribution < 1.29 is 19.8 Å². The Hall–Kier alpha value is -4.21. The van der Waals surface area contributed by atoms with E-state index in [2.05, 4.69) is 25.6 Å². The third-order valence-electron chi connectivity index (χ3n) is 3.78. The Labute approximate surface area is 165 Å². The lowest BCUT2D eigenvalue weighted by atomic mass is 10.1. The molecule has 10 heteroatoms. The van der Waals surface area contributed by atoms with E-state index in [-0.39, 0.29) is 30.7 Å². The second-order valence-electron chi connectivity index (χ2n) is 6.13. The Morgan fingerprint density at radius 1 is 0.724 bits per heavy atom. The molecule has 6 N–H and O–H groups in total. The average Bonchev–Trinajstić information content (AvgIpc) is 2.64. The Morgan fingerprint density at radius 3 is 1.45 bits per heavy atom. The van der Waals surface area contributed by atoms with Crippen molar-refractivity contribution in [2.45, 2.75) is 12.8 Å². The summed E-state index contributed by atoms with van der Waals surface area (Å²) in [7, 11) is 0. The van der Waals surface area contributed by atoms with E-state index in [0.717, 1.165) is 0 Å². The molecule has 0 radical (unpaired) electrons. The summed E-state index contributed by atoms with van der Waals surface area (Å²) in [4.78, 5) is 33.8. The molecule has 29 heavy (non-hydrogen) atoms. The van der Waals surface area contributed by atoms with Gasteiger partial charge in [0, 0.05) is 11.4 Å². The number of hydrogen-bond acceptors (Lipinski definition) is 8. The van der Waals surface area contributed by atoms with Crippen molar-refractivity contribution in [3.63, 3.8) is 0 Å². The minimum atomic E-state index is -0.900. The predicted molar refractivity (Wildman–Crippen MR) is 106 cm³/mol. The van der Waals surface area contributed by atoms with E-state index >= 15 is 0 Å². The van der Waals surface area contributed by atoms with Gasteiger partial charge in [0.1, 0.15) is 0 Å². The second-order valence-corrected chi connectivity index (χ2v) is 6.13. The average molecular weight is 394 g/mol. The van der Waals surface area contributed by atoms with Crippen LogP contribution in [0.25, 0.3) is 0 Å². The topological polar surface area (TPSA) is 163 Å². The van der Waals surface area contributed by atoms with Crippen LogP contribution in [0, 0.1) is 0 Å².